The molecule has 25 heavy (non-hydrogen) atoms. The standard InChI is InChI=1S/C18H24N2O5/c1-23-11-18(7-8-18)17(22)20-14-10-24-9-6-15(14)25-13-4-2-12(3-5-13)16(19)21/h2-5,14-15H,6-11H2,1H3,(H2,19,21)(H,20,22)/t14-,15-/m1/s1. The SMILES string of the molecule is COCC1(C(=O)N[C@@H]2COCC[C@H]2Oc2ccc(C(N)=O)cc2)CC1. The molecule has 1 aromatic rings. The molecule has 2 aliphatic rings. The van der Waals surface area contributed by atoms with Crippen molar-refractivity contribution in [1.29, 1.82) is 0 Å². The van der Waals surface area contributed by atoms with E-state index in [1.807, 2.05) is 0 Å². The Hall–Kier alpha value is -2.12. The van der Waals surface area contributed by atoms with Crippen LogP contribution in [0.2, 0.25) is 0 Å². The Bertz CT molecular complexity index is 627. The van der Waals surface area contributed by atoms with Crippen LogP contribution in [0, 0.1) is 5.41 Å². The van der Waals surface area contributed by atoms with Crippen molar-refractivity contribution in [2.75, 3.05) is 26.9 Å². The van der Waals surface area contributed by atoms with Crippen LogP contribution in [0.1, 0.15) is 29.6 Å². The summed E-state index contributed by atoms with van der Waals surface area (Å²) in [7, 11) is 1.61. The molecule has 2 amide bonds. The van der Waals surface area contributed by atoms with Gasteiger partial charge in [0, 0.05) is 19.1 Å². The molecule has 1 aliphatic carbocycles. The normalized spacial score (nSPS) is 24.4. The van der Waals surface area contributed by atoms with Gasteiger partial charge < -0.3 is 25.3 Å². The number of methoxy groups -OCH3 is 1. The van der Waals surface area contributed by atoms with E-state index in [0.717, 1.165) is 12.8 Å². The topological polar surface area (TPSA) is 99.9 Å². The molecule has 2 atom stereocenters. The lowest BCUT2D eigenvalue weighted by Gasteiger charge is -2.33. The summed E-state index contributed by atoms with van der Waals surface area (Å²) in [6.45, 7) is 1.44. The zero-order chi connectivity index (χ0) is 17.9. The molecular formula is C18H24N2O5. The van der Waals surface area contributed by atoms with Gasteiger partial charge in [-0.2, -0.15) is 0 Å². The van der Waals surface area contributed by atoms with Crippen molar-refractivity contribution in [3.05, 3.63) is 29.8 Å². The van der Waals surface area contributed by atoms with Gasteiger partial charge in [-0.25, -0.2) is 0 Å². The lowest BCUT2D eigenvalue weighted by Crippen LogP contribution is -2.54. The number of nitrogens with two attached hydrogens (primary N) is 1. The highest BCUT2D eigenvalue weighted by atomic mass is 16.5. The molecule has 136 valence electrons. The predicted octanol–water partition coefficient (Wildman–Crippen LogP) is 0.865. The highest BCUT2D eigenvalue weighted by Crippen LogP contribution is 2.46. The van der Waals surface area contributed by atoms with E-state index in [-0.39, 0.29) is 23.5 Å². The predicted molar refractivity (Wildman–Crippen MR) is 90.3 cm³/mol. The zero-order valence-electron chi connectivity index (χ0n) is 14.3. The number of rotatable bonds is 7. The Kier molecular flexibility index (Phi) is 5.24. The minimum absolute atomic E-state index is 0.00234. The van der Waals surface area contributed by atoms with Crippen LogP contribution in [0.5, 0.6) is 5.75 Å². The van der Waals surface area contributed by atoms with Crippen LogP contribution < -0.4 is 15.8 Å². The first-order chi connectivity index (χ1) is 12.0. The fourth-order valence-electron chi connectivity index (χ4n) is 3.05. The smallest absolute Gasteiger partial charge is 0.248 e. The molecule has 0 bridgehead atoms. The third-order valence-corrected chi connectivity index (χ3v) is 4.79. The van der Waals surface area contributed by atoms with Gasteiger partial charge in [0.15, 0.2) is 0 Å². The summed E-state index contributed by atoms with van der Waals surface area (Å²) in [4.78, 5) is 23.7. The number of hydrogen-bond donors (Lipinski definition) is 2. The van der Waals surface area contributed by atoms with Gasteiger partial charge in [-0.1, -0.05) is 0 Å². The summed E-state index contributed by atoms with van der Waals surface area (Å²) in [5.41, 5.74) is 5.28. The number of carbonyl (C=O) groups excluding carboxylic acids is 2. The number of ether oxygens (including phenoxy) is 3. The maximum absolute atomic E-state index is 12.5. The first kappa shape index (κ1) is 17.7. The number of carbonyl (C=O) groups is 2. The van der Waals surface area contributed by atoms with Crippen molar-refractivity contribution < 1.29 is 23.8 Å². The average molecular weight is 348 g/mol. The van der Waals surface area contributed by atoms with Gasteiger partial charge in [0.05, 0.1) is 31.3 Å². The second-order valence-corrected chi connectivity index (χ2v) is 6.70. The molecule has 0 aromatic heterocycles. The van der Waals surface area contributed by atoms with Crippen LogP contribution in [0.15, 0.2) is 24.3 Å². The molecule has 7 heteroatoms. The van der Waals surface area contributed by atoms with E-state index in [2.05, 4.69) is 5.32 Å². The fourth-order valence-corrected chi connectivity index (χ4v) is 3.05. The van der Waals surface area contributed by atoms with Gasteiger partial charge >= 0.3 is 0 Å². The number of primary amides is 1. The average Bonchev–Trinajstić information content (AvgIpc) is 3.38. The van der Waals surface area contributed by atoms with E-state index >= 15 is 0 Å². The minimum atomic E-state index is -0.476. The lowest BCUT2D eigenvalue weighted by atomic mass is 10.0. The minimum Gasteiger partial charge on any atom is -0.488 e. The summed E-state index contributed by atoms with van der Waals surface area (Å²) in [6, 6.07) is 6.46. The number of amides is 2. The summed E-state index contributed by atoms with van der Waals surface area (Å²) < 4.78 is 16.7. The first-order valence-corrected chi connectivity index (χ1v) is 8.48. The summed E-state index contributed by atoms with van der Waals surface area (Å²) >= 11 is 0. The Labute approximate surface area is 146 Å². The van der Waals surface area contributed by atoms with Crippen molar-refractivity contribution in [2.24, 2.45) is 11.1 Å². The van der Waals surface area contributed by atoms with Gasteiger partial charge in [-0.3, -0.25) is 9.59 Å². The molecule has 2 fully saturated rings. The summed E-state index contributed by atoms with van der Waals surface area (Å²) in [6.07, 6.45) is 2.19. The molecule has 1 saturated heterocycles. The fraction of sp³-hybridized carbons (Fsp3) is 0.556. The van der Waals surface area contributed by atoms with Crippen LogP contribution >= 0.6 is 0 Å². The molecule has 0 spiro atoms. The van der Waals surface area contributed by atoms with E-state index in [4.69, 9.17) is 19.9 Å². The highest BCUT2D eigenvalue weighted by molar-refractivity contribution is 5.92. The Morgan fingerprint density at radius 3 is 2.64 bits per heavy atom. The van der Waals surface area contributed by atoms with Crippen molar-refractivity contribution in [3.8, 4) is 5.75 Å². The second-order valence-electron chi connectivity index (χ2n) is 6.70. The third kappa shape index (κ3) is 4.11. The Morgan fingerprint density at radius 1 is 1.32 bits per heavy atom. The van der Waals surface area contributed by atoms with Crippen molar-refractivity contribution in [2.45, 2.75) is 31.4 Å². The van der Waals surface area contributed by atoms with E-state index in [0.29, 0.717) is 37.6 Å². The summed E-state index contributed by atoms with van der Waals surface area (Å²) in [5.74, 6) is 0.160. The molecule has 0 unspecified atom stereocenters. The molecule has 7 nitrogen and oxygen atoms in total. The van der Waals surface area contributed by atoms with Crippen LogP contribution in [-0.2, 0) is 14.3 Å². The van der Waals surface area contributed by atoms with Gasteiger partial charge in [0.1, 0.15) is 11.9 Å². The van der Waals surface area contributed by atoms with Gasteiger partial charge in [-0.05, 0) is 37.1 Å². The lowest BCUT2D eigenvalue weighted by molar-refractivity contribution is -0.131. The molecule has 1 aliphatic heterocycles. The van der Waals surface area contributed by atoms with Crippen LogP contribution in [-0.4, -0.2) is 50.9 Å². The largest absolute Gasteiger partial charge is 0.488 e. The van der Waals surface area contributed by atoms with Gasteiger partial charge in [0.25, 0.3) is 0 Å². The Balaban J connectivity index is 1.62. The number of benzene rings is 1. The van der Waals surface area contributed by atoms with Gasteiger partial charge in [0.2, 0.25) is 11.8 Å². The van der Waals surface area contributed by atoms with Crippen molar-refractivity contribution in [1.82, 2.24) is 5.32 Å². The van der Waals surface area contributed by atoms with E-state index < -0.39 is 5.91 Å². The highest BCUT2D eigenvalue weighted by Gasteiger charge is 2.50. The molecule has 3 rings (SSSR count). The maximum atomic E-state index is 12.5. The third-order valence-electron chi connectivity index (χ3n) is 4.79. The maximum Gasteiger partial charge on any atom is 0.248 e. The number of hydrogen-bond acceptors (Lipinski definition) is 5. The molecular weight excluding hydrogens is 324 g/mol. The van der Waals surface area contributed by atoms with Crippen molar-refractivity contribution >= 4 is 11.8 Å². The van der Waals surface area contributed by atoms with Crippen molar-refractivity contribution in [3.63, 3.8) is 0 Å². The summed E-state index contributed by atoms with van der Waals surface area (Å²) in [5, 5.41) is 3.06. The molecule has 3 N–H and O–H groups in total. The molecule has 1 saturated carbocycles. The van der Waals surface area contributed by atoms with Gasteiger partial charge in [-0.15, -0.1) is 0 Å². The second kappa shape index (κ2) is 7.41. The van der Waals surface area contributed by atoms with Crippen LogP contribution in [0.25, 0.3) is 0 Å². The van der Waals surface area contributed by atoms with Crippen LogP contribution in [0.3, 0.4) is 0 Å². The number of nitrogens with one attached hydrogen (secondary N) is 1. The van der Waals surface area contributed by atoms with Crippen LogP contribution in [0.4, 0.5) is 0 Å². The molecule has 1 aromatic carbocycles. The van der Waals surface area contributed by atoms with E-state index in [1.54, 1.807) is 31.4 Å². The monoisotopic (exact) mass is 348 g/mol. The molecule has 0 radical (unpaired) electrons. The van der Waals surface area contributed by atoms with E-state index in [9.17, 15) is 9.59 Å². The first-order valence-electron chi connectivity index (χ1n) is 8.48. The van der Waals surface area contributed by atoms with E-state index in [1.165, 1.54) is 0 Å². The Morgan fingerprint density at radius 2 is 2.04 bits per heavy atom. The molecule has 1 heterocycles. The quantitative estimate of drug-likeness (QED) is 0.761. The zero-order valence-corrected chi connectivity index (χ0v) is 14.3.